The van der Waals surface area contributed by atoms with Crippen molar-refractivity contribution in [3.05, 3.63) is 50.3 Å². The number of aryl methyl sites for hydroxylation is 1. The lowest BCUT2D eigenvalue weighted by Crippen LogP contribution is -2.01. The van der Waals surface area contributed by atoms with Gasteiger partial charge in [-0.05, 0) is 12.5 Å². The molecular weight excluding hydrogens is 416 g/mol. The van der Waals surface area contributed by atoms with Gasteiger partial charge in [-0.15, -0.1) is 22.7 Å². The summed E-state index contributed by atoms with van der Waals surface area (Å²) in [6.45, 7) is 1.66. The highest BCUT2D eigenvalue weighted by atomic mass is 32.1. The summed E-state index contributed by atoms with van der Waals surface area (Å²) in [6, 6.07) is 4.60. The summed E-state index contributed by atoms with van der Waals surface area (Å²) in [6.07, 6.45) is -8.95. The molecule has 0 aliphatic heterocycles. The number of alkyl halides is 6. The highest BCUT2D eigenvalue weighted by molar-refractivity contribution is 7.10. The second-order valence-corrected chi connectivity index (χ2v) is 7.14. The number of aromatic nitrogens is 1. The molecule has 0 amide bonds. The minimum absolute atomic E-state index is 0.0391. The second-order valence-electron chi connectivity index (χ2n) is 5.31. The Labute approximate surface area is 156 Å². The second kappa shape index (κ2) is 7.04. The van der Waals surface area contributed by atoms with E-state index in [4.69, 9.17) is 9.47 Å². The maximum Gasteiger partial charge on any atom is 0.425 e. The topological polar surface area (TPSA) is 31.4 Å². The minimum Gasteiger partial charge on any atom is -0.438 e. The number of pyridine rings is 1. The maximum absolute atomic E-state index is 12.6. The predicted octanol–water partition coefficient (Wildman–Crippen LogP) is 7.14. The van der Waals surface area contributed by atoms with Crippen LogP contribution in [0.25, 0.3) is 0 Å². The fraction of sp³-hybridized carbons (Fsp3) is 0.188. The molecular formula is C16H9F6NO2S2. The quantitative estimate of drug-likeness (QED) is 0.417. The van der Waals surface area contributed by atoms with Gasteiger partial charge in [0.25, 0.3) is 0 Å². The SMILES string of the molecule is Cc1cc(Oc2csc(C(F)(F)F)c2)nc(Oc2csc(C(F)(F)F)c2)c1. The van der Waals surface area contributed by atoms with Crippen molar-refractivity contribution in [3.8, 4) is 23.3 Å². The normalized spacial score (nSPS) is 12.3. The lowest BCUT2D eigenvalue weighted by molar-refractivity contribution is -0.135. The highest BCUT2D eigenvalue weighted by Gasteiger charge is 2.33. The molecule has 0 atom stereocenters. The highest BCUT2D eigenvalue weighted by Crippen LogP contribution is 2.39. The van der Waals surface area contributed by atoms with E-state index in [1.165, 1.54) is 22.9 Å². The van der Waals surface area contributed by atoms with Crippen LogP contribution in [0.15, 0.2) is 35.0 Å². The molecule has 3 aromatic heterocycles. The van der Waals surface area contributed by atoms with Crippen LogP contribution in [0.2, 0.25) is 0 Å². The van der Waals surface area contributed by atoms with Crippen LogP contribution in [0.4, 0.5) is 26.3 Å². The van der Waals surface area contributed by atoms with E-state index < -0.39 is 22.1 Å². The van der Waals surface area contributed by atoms with Crippen LogP contribution in [0, 0.1) is 6.92 Å². The molecule has 27 heavy (non-hydrogen) atoms. The van der Waals surface area contributed by atoms with Gasteiger partial charge in [0, 0.05) is 35.0 Å². The van der Waals surface area contributed by atoms with Crippen LogP contribution in [-0.4, -0.2) is 4.98 Å². The van der Waals surface area contributed by atoms with E-state index >= 15 is 0 Å². The van der Waals surface area contributed by atoms with Gasteiger partial charge in [0.1, 0.15) is 21.3 Å². The van der Waals surface area contributed by atoms with Gasteiger partial charge in [-0.3, -0.25) is 0 Å². The standard InChI is InChI=1S/C16H9F6NO2S2/c1-8-2-13(24-9-4-11(26-6-9)15(17,18)19)23-14(3-8)25-10-5-12(27-7-10)16(20,21)22/h2-7H,1H3. The van der Waals surface area contributed by atoms with Gasteiger partial charge in [-0.25, -0.2) is 0 Å². The number of nitrogens with zero attached hydrogens (tertiary/aromatic N) is 1. The van der Waals surface area contributed by atoms with Crippen LogP contribution < -0.4 is 9.47 Å². The van der Waals surface area contributed by atoms with Crippen molar-refractivity contribution in [2.24, 2.45) is 0 Å². The average molecular weight is 425 g/mol. The van der Waals surface area contributed by atoms with Crippen molar-refractivity contribution in [2.75, 3.05) is 0 Å². The van der Waals surface area contributed by atoms with Crippen LogP contribution in [0.5, 0.6) is 23.3 Å². The Kier molecular flexibility index (Phi) is 5.08. The van der Waals surface area contributed by atoms with Crippen molar-refractivity contribution in [3.63, 3.8) is 0 Å². The maximum atomic E-state index is 12.6. The minimum atomic E-state index is -4.48. The summed E-state index contributed by atoms with van der Waals surface area (Å²) in [5.41, 5.74) is 0.604. The lowest BCUT2D eigenvalue weighted by atomic mass is 10.3. The Morgan fingerprint density at radius 3 is 1.48 bits per heavy atom. The zero-order chi connectivity index (χ0) is 19.8. The number of rotatable bonds is 4. The largest absolute Gasteiger partial charge is 0.438 e. The predicted molar refractivity (Wildman–Crippen MR) is 87.8 cm³/mol. The number of hydrogen-bond acceptors (Lipinski definition) is 5. The third kappa shape index (κ3) is 4.92. The first-order valence-corrected chi connectivity index (χ1v) is 8.92. The summed E-state index contributed by atoms with van der Waals surface area (Å²) in [4.78, 5) is 2.33. The van der Waals surface area contributed by atoms with Crippen molar-refractivity contribution in [1.29, 1.82) is 0 Å². The average Bonchev–Trinajstić information content (AvgIpc) is 3.15. The fourth-order valence-corrected chi connectivity index (χ4v) is 3.35. The summed E-state index contributed by atoms with van der Waals surface area (Å²) >= 11 is 0.955. The van der Waals surface area contributed by atoms with Gasteiger partial charge in [0.2, 0.25) is 11.8 Å². The smallest absolute Gasteiger partial charge is 0.425 e. The van der Waals surface area contributed by atoms with Crippen LogP contribution in [-0.2, 0) is 12.4 Å². The molecule has 11 heteroatoms. The third-order valence-corrected chi connectivity index (χ3v) is 4.98. The number of ether oxygens (including phenoxy) is 2. The van der Waals surface area contributed by atoms with Gasteiger partial charge in [0.05, 0.1) is 0 Å². The molecule has 3 rings (SSSR count). The number of hydrogen-bond donors (Lipinski definition) is 0. The lowest BCUT2D eigenvalue weighted by Gasteiger charge is -2.08. The number of thiophene rings is 2. The summed E-state index contributed by atoms with van der Waals surface area (Å²) in [5.74, 6) is -0.178. The first-order valence-electron chi connectivity index (χ1n) is 7.16. The van der Waals surface area contributed by atoms with Crippen molar-refractivity contribution in [2.45, 2.75) is 19.3 Å². The third-order valence-electron chi connectivity index (χ3n) is 3.08. The summed E-state index contributed by atoms with van der Waals surface area (Å²) < 4.78 is 86.4. The molecule has 0 aromatic carbocycles. The van der Waals surface area contributed by atoms with Crippen molar-refractivity contribution in [1.82, 2.24) is 4.98 Å². The molecule has 0 bridgehead atoms. The van der Waals surface area contributed by atoms with Crippen molar-refractivity contribution < 1.29 is 35.8 Å². The molecule has 0 aliphatic rings. The Morgan fingerprint density at radius 2 is 1.15 bits per heavy atom. The number of halogens is 6. The first kappa shape index (κ1) is 19.5. The molecule has 0 saturated heterocycles. The van der Waals surface area contributed by atoms with E-state index in [-0.39, 0.29) is 23.3 Å². The zero-order valence-electron chi connectivity index (χ0n) is 13.3. The van der Waals surface area contributed by atoms with Crippen molar-refractivity contribution >= 4 is 22.7 Å². The molecule has 0 N–H and O–H groups in total. The van der Waals surface area contributed by atoms with E-state index in [1.54, 1.807) is 6.92 Å². The monoisotopic (exact) mass is 425 g/mol. The van der Waals surface area contributed by atoms with Gasteiger partial charge >= 0.3 is 12.4 Å². The van der Waals surface area contributed by atoms with Crippen LogP contribution in [0.3, 0.4) is 0 Å². The molecule has 0 unspecified atom stereocenters. The summed E-state index contributed by atoms with van der Waals surface area (Å²) in [5, 5.41) is 2.36. The van der Waals surface area contributed by atoms with E-state index in [2.05, 4.69) is 4.98 Å². The fourth-order valence-electron chi connectivity index (χ4n) is 1.99. The molecule has 3 heterocycles. The van der Waals surface area contributed by atoms with Gasteiger partial charge < -0.3 is 9.47 Å². The van der Waals surface area contributed by atoms with Gasteiger partial charge in [0.15, 0.2) is 0 Å². The Balaban J connectivity index is 1.78. The van der Waals surface area contributed by atoms with Gasteiger partial charge in [-0.2, -0.15) is 31.3 Å². The molecule has 0 spiro atoms. The molecule has 0 saturated carbocycles. The molecule has 3 nitrogen and oxygen atoms in total. The molecule has 0 aliphatic carbocycles. The van der Waals surface area contributed by atoms with Crippen LogP contribution >= 0.6 is 22.7 Å². The summed E-state index contributed by atoms with van der Waals surface area (Å²) in [7, 11) is 0. The van der Waals surface area contributed by atoms with Gasteiger partial charge in [-0.1, -0.05) is 0 Å². The van der Waals surface area contributed by atoms with E-state index in [0.29, 0.717) is 28.2 Å². The Morgan fingerprint density at radius 1 is 0.741 bits per heavy atom. The Bertz CT molecular complexity index is 873. The molecule has 0 radical (unpaired) electrons. The zero-order valence-corrected chi connectivity index (χ0v) is 14.9. The van der Waals surface area contributed by atoms with Crippen LogP contribution in [0.1, 0.15) is 15.3 Å². The van der Waals surface area contributed by atoms with E-state index in [0.717, 1.165) is 12.1 Å². The molecule has 0 fully saturated rings. The van der Waals surface area contributed by atoms with E-state index in [9.17, 15) is 26.3 Å². The first-order chi connectivity index (χ1) is 12.5. The Hall–Kier alpha value is -2.27. The molecule has 144 valence electrons. The van der Waals surface area contributed by atoms with E-state index in [1.807, 2.05) is 0 Å². The molecule has 3 aromatic rings.